The van der Waals surface area contributed by atoms with Crippen molar-refractivity contribution < 1.29 is 26.4 Å². The Morgan fingerprint density at radius 1 is 1.24 bits per heavy atom. The number of nitrogens with zero attached hydrogens (tertiary/aromatic N) is 6. The lowest BCUT2D eigenvalue weighted by molar-refractivity contribution is -0.156. The highest BCUT2D eigenvalue weighted by Gasteiger charge is 2.25. The Kier molecular flexibility index (Phi) is 8.35. The number of carbonyl (C=O) groups excluding carboxylic acids is 1. The van der Waals surface area contributed by atoms with Crippen LogP contribution in [0.4, 0.5) is 19.1 Å². The molecule has 3 N–H and O–H groups in total. The van der Waals surface area contributed by atoms with Crippen LogP contribution in [0.15, 0.2) is 36.1 Å². The number of thioether (sulfide) groups is 1. The van der Waals surface area contributed by atoms with E-state index in [4.69, 9.17) is 4.79 Å². The molecule has 12 nitrogen and oxygen atoms in total. The van der Waals surface area contributed by atoms with E-state index < -0.39 is 22.5 Å². The molecule has 0 atom stereocenters. The molecule has 0 amide bonds. The van der Waals surface area contributed by atoms with Crippen molar-refractivity contribution in [2.75, 3.05) is 16.7 Å². The first-order valence-electron chi connectivity index (χ1n) is 11.4. The summed E-state index contributed by atoms with van der Waals surface area (Å²) in [6, 6.07) is 2.36. The number of halogens is 3. The number of hydrogen-bond donors (Lipinski definition) is 3. The smallest absolute Gasteiger partial charge is 0.346 e. The monoisotopic (exact) mass is 571 g/mol. The van der Waals surface area contributed by atoms with Gasteiger partial charge in [-0.3, -0.25) is 14.2 Å². The third kappa shape index (κ3) is 7.53. The van der Waals surface area contributed by atoms with Crippen LogP contribution in [-0.2, 0) is 14.8 Å². The molecule has 1 aliphatic carbocycles. The first kappa shape index (κ1) is 27.6. The highest BCUT2D eigenvalue weighted by Crippen LogP contribution is 2.35. The van der Waals surface area contributed by atoms with Crippen molar-refractivity contribution in [3.8, 4) is 11.3 Å². The number of aromatic nitrogens is 8. The zero-order valence-corrected chi connectivity index (χ0v) is 21.6. The number of anilines is 1. The third-order valence-electron chi connectivity index (χ3n) is 5.75. The molecule has 0 aliphatic heterocycles. The van der Waals surface area contributed by atoms with Gasteiger partial charge in [0.05, 0.1) is 24.2 Å². The third-order valence-corrected chi connectivity index (χ3v) is 7.39. The highest BCUT2D eigenvalue weighted by atomic mass is 32.2. The lowest BCUT2D eigenvalue weighted by atomic mass is 9.87. The Morgan fingerprint density at radius 2 is 1.97 bits per heavy atom. The van der Waals surface area contributed by atoms with Crippen molar-refractivity contribution in [3.05, 3.63) is 31.0 Å². The fourth-order valence-electron chi connectivity index (χ4n) is 4.06. The molecule has 1 saturated carbocycles. The van der Waals surface area contributed by atoms with E-state index in [1.54, 1.807) is 18.1 Å². The number of aromatic amines is 2. The molecular formula is C21H24F3N9O3S2. The second-order valence-corrected chi connectivity index (χ2v) is 11.4. The summed E-state index contributed by atoms with van der Waals surface area (Å²) < 4.78 is 58.2. The van der Waals surface area contributed by atoms with E-state index in [0.717, 1.165) is 60.0 Å². The molecule has 0 aromatic carbocycles. The first-order chi connectivity index (χ1) is 18.0. The molecule has 4 aromatic heterocycles. The number of sulfonamides is 1. The molecule has 0 spiro atoms. The van der Waals surface area contributed by atoms with Gasteiger partial charge in [0.25, 0.3) is 0 Å². The Morgan fingerprint density at radius 3 is 2.66 bits per heavy atom. The summed E-state index contributed by atoms with van der Waals surface area (Å²) >= 11 is 1.55. The maximum absolute atomic E-state index is 11.3. The van der Waals surface area contributed by atoms with E-state index in [-0.39, 0.29) is 5.95 Å². The van der Waals surface area contributed by atoms with Crippen LogP contribution in [0, 0.1) is 5.92 Å². The number of carbonyl (C=O) groups is 1. The molecular weight excluding hydrogens is 547 g/mol. The highest BCUT2D eigenvalue weighted by molar-refractivity contribution is 7.99. The van der Waals surface area contributed by atoms with Gasteiger partial charge in [-0.1, -0.05) is 11.8 Å². The topological polar surface area (TPSA) is 164 Å². The molecule has 4 aromatic rings. The number of rotatable bonds is 7. The molecule has 5 rings (SSSR count). The number of H-pyrrole nitrogens is 2. The van der Waals surface area contributed by atoms with E-state index in [2.05, 4.69) is 50.8 Å². The number of aldehydes is 1. The molecule has 0 bridgehead atoms. The standard InChI is InChI=1S/C19H23N9O2S2.C2HF3O/c1-32(29,30)27-18-24-19(26-25-18)31-10-12-2-4-14(5-3-12)28-9-13(8-23-28)16-15-6-7-20-17(15)22-11-21-16;3-2(4,5)1-6/h6-9,11-12,14H,2-5,10H2,1H3,(H,20,21,22)(H2,24,25,26,27);1H. The summed E-state index contributed by atoms with van der Waals surface area (Å²) in [5.74, 6) is 1.62. The molecule has 0 saturated heterocycles. The van der Waals surface area contributed by atoms with Gasteiger partial charge in [0.2, 0.25) is 27.4 Å². The lowest BCUT2D eigenvalue weighted by Gasteiger charge is -2.28. The van der Waals surface area contributed by atoms with E-state index in [0.29, 0.717) is 17.1 Å². The molecule has 1 fully saturated rings. The van der Waals surface area contributed by atoms with Crippen LogP contribution >= 0.6 is 11.8 Å². The summed E-state index contributed by atoms with van der Waals surface area (Å²) in [6.07, 6.45) is 7.10. The Bertz CT molecular complexity index is 1480. The zero-order valence-electron chi connectivity index (χ0n) is 20.0. The fraction of sp³-hybridized carbons (Fsp3) is 0.429. The van der Waals surface area contributed by atoms with E-state index in [1.165, 1.54) is 0 Å². The fourth-order valence-corrected chi connectivity index (χ4v) is 5.49. The van der Waals surface area contributed by atoms with Crippen molar-refractivity contribution in [3.63, 3.8) is 0 Å². The summed E-state index contributed by atoms with van der Waals surface area (Å²) in [6.45, 7) is 0. The van der Waals surface area contributed by atoms with E-state index >= 15 is 0 Å². The summed E-state index contributed by atoms with van der Waals surface area (Å²) in [7, 11) is -3.37. The normalized spacial score (nSPS) is 18.1. The average Bonchev–Trinajstić information content (AvgIpc) is 3.63. The number of fused-ring (bicyclic) bond motifs is 1. The maximum atomic E-state index is 11.3. The molecule has 38 heavy (non-hydrogen) atoms. The maximum Gasteiger partial charge on any atom is 0.446 e. The molecule has 0 unspecified atom stereocenters. The predicted molar refractivity (Wildman–Crippen MR) is 134 cm³/mol. The second-order valence-electron chi connectivity index (χ2n) is 8.66. The zero-order chi connectivity index (χ0) is 27.3. The van der Waals surface area contributed by atoms with Crippen LogP contribution in [0.3, 0.4) is 0 Å². The summed E-state index contributed by atoms with van der Waals surface area (Å²) in [5.41, 5.74) is 2.72. The van der Waals surface area contributed by atoms with Gasteiger partial charge in [-0.05, 0) is 37.7 Å². The van der Waals surface area contributed by atoms with Gasteiger partial charge in [-0.25, -0.2) is 23.5 Å². The van der Waals surface area contributed by atoms with Crippen LogP contribution in [0.5, 0.6) is 0 Å². The van der Waals surface area contributed by atoms with Crippen LogP contribution in [0.25, 0.3) is 22.3 Å². The minimum Gasteiger partial charge on any atom is -0.346 e. The minimum absolute atomic E-state index is 0.147. The van der Waals surface area contributed by atoms with Crippen molar-refractivity contribution in [2.24, 2.45) is 5.92 Å². The van der Waals surface area contributed by atoms with E-state index in [9.17, 15) is 21.6 Å². The van der Waals surface area contributed by atoms with E-state index in [1.807, 2.05) is 18.5 Å². The Balaban J connectivity index is 0.000000505. The molecule has 204 valence electrons. The SMILES string of the molecule is CS(=O)(=O)Nc1nc(SCC2CCC(n3cc(-c4ncnc5[nH]ccc45)cn3)CC2)n[nH]1.O=CC(F)(F)F. The van der Waals surface area contributed by atoms with Crippen LogP contribution in [0.1, 0.15) is 31.7 Å². The molecule has 1 aliphatic rings. The van der Waals surface area contributed by atoms with Crippen molar-refractivity contribution in [1.29, 1.82) is 0 Å². The predicted octanol–water partition coefficient (Wildman–Crippen LogP) is 3.58. The minimum atomic E-state index is -4.64. The number of nitrogens with one attached hydrogen (secondary N) is 3. The lowest BCUT2D eigenvalue weighted by Crippen LogP contribution is -2.19. The van der Waals surface area contributed by atoms with Crippen molar-refractivity contribution >= 4 is 45.1 Å². The molecule has 17 heteroatoms. The largest absolute Gasteiger partial charge is 0.446 e. The van der Waals surface area contributed by atoms with Crippen molar-refractivity contribution in [1.82, 2.24) is 39.9 Å². The van der Waals surface area contributed by atoms with Gasteiger partial charge in [0.1, 0.15) is 12.0 Å². The van der Waals surface area contributed by atoms with Gasteiger partial charge in [0.15, 0.2) is 0 Å². The number of alkyl halides is 3. The van der Waals surface area contributed by atoms with Crippen LogP contribution < -0.4 is 4.72 Å². The average molecular weight is 572 g/mol. The second kappa shape index (κ2) is 11.5. The summed E-state index contributed by atoms with van der Waals surface area (Å²) in [5, 5.41) is 12.8. The quantitative estimate of drug-likeness (QED) is 0.222. The Labute approximate surface area is 219 Å². The number of hydrogen-bond acceptors (Lipinski definition) is 9. The van der Waals surface area contributed by atoms with Gasteiger partial charge in [0, 0.05) is 29.1 Å². The van der Waals surface area contributed by atoms with Crippen LogP contribution in [-0.4, -0.2) is 72.8 Å². The van der Waals surface area contributed by atoms with Crippen molar-refractivity contribution in [2.45, 2.75) is 43.1 Å². The summed E-state index contributed by atoms with van der Waals surface area (Å²) in [4.78, 5) is 24.7. The Hall–Kier alpha value is -3.47. The van der Waals surface area contributed by atoms with Gasteiger partial charge in [-0.2, -0.15) is 23.3 Å². The molecule has 0 radical (unpaired) electrons. The van der Waals surface area contributed by atoms with Crippen LogP contribution in [0.2, 0.25) is 0 Å². The van der Waals surface area contributed by atoms with Gasteiger partial charge < -0.3 is 4.98 Å². The van der Waals surface area contributed by atoms with Gasteiger partial charge in [-0.15, -0.1) is 5.10 Å². The first-order valence-corrected chi connectivity index (χ1v) is 14.3. The van der Waals surface area contributed by atoms with Gasteiger partial charge >= 0.3 is 6.18 Å². The molecule has 4 heterocycles.